The Morgan fingerprint density at radius 3 is 2.84 bits per heavy atom. The maximum absolute atomic E-state index is 13.2. The number of amides is 1. The molecule has 2 aliphatic heterocycles. The van der Waals surface area contributed by atoms with Gasteiger partial charge in [0.25, 0.3) is 5.91 Å². The number of halogens is 1. The summed E-state index contributed by atoms with van der Waals surface area (Å²) in [6, 6.07) is 13.6. The summed E-state index contributed by atoms with van der Waals surface area (Å²) in [6.07, 6.45) is 2.58. The maximum atomic E-state index is 13.2. The largest absolute Gasteiger partial charge is 0.493 e. The molecule has 1 amide bonds. The van der Waals surface area contributed by atoms with E-state index in [9.17, 15) is 4.79 Å². The lowest BCUT2D eigenvalue weighted by Gasteiger charge is -2.34. The molecule has 2 aromatic rings. The third kappa shape index (κ3) is 4.65. The highest BCUT2D eigenvalue weighted by molar-refractivity contribution is 9.10. The fourth-order valence-electron chi connectivity index (χ4n) is 3.47. The number of para-hydroxylation sites is 1. The van der Waals surface area contributed by atoms with E-state index in [4.69, 9.17) is 14.8 Å². The molecule has 8 heteroatoms. The Labute approximate surface area is 194 Å². The van der Waals surface area contributed by atoms with Crippen LogP contribution in [0.2, 0.25) is 0 Å². The Hall–Kier alpha value is -2.32. The first-order valence-corrected chi connectivity index (χ1v) is 12.3. The Kier molecular flexibility index (Phi) is 6.97. The number of ether oxygens (including phenoxy) is 1. The molecule has 0 saturated heterocycles. The van der Waals surface area contributed by atoms with Crippen LogP contribution in [-0.4, -0.2) is 28.4 Å². The van der Waals surface area contributed by atoms with Crippen LogP contribution in [0.1, 0.15) is 44.8 Å². The zero-order valence-electron chi connectivity index (χ0n) is 17.6. The first-order valence-electron chi connectivity index (χ1n) is 10.5. The van der Waals surface area contributed by atoms with E-state index in [0.717, 1.165) is 51.4 Å². The van der Waals surface area contributed by atoms with Gasteiger partial charge in [0.15, 0.2) is 11.3 Å². The van der Waals surface area contributed by atoms with E-state index in [0.29, 0.717) is 17.5 Å². The number of thioether (sulfide) groups is 1. The second-order valence-corrected chi connectivity index (χ2v) is 9.30. The standard InChI is InChI=1S/C23H25BrN4O2S/c1-3-5-13-31-23-26-22(29)20-17-14-15(24)10-11-18(17)25-21(28(20)27-23)16-8-6-7-9-19(16)30-12-4-2/h6-11,14,21H,3-5,12-13H2,1-2H3,(H,26,27,29). The first kappa shape index (κ1) is 21.9. The third-order valence-corrected chi connectivity index (χ3v) is 6.41. The van der Waals surface area contributed by atoms with E-state index in [1.54, 1.807) is 16.8 Å². The number of fused-ring (bicyclic) bond motifs is 2. The SMILES string of the molecule is CCCCSC1=NN2C(=c3cc(Br)ccc3=NC2c2ccccc2OCCC)C(=O)N1. The van der Waals surface area contributed by atoms with Crippen LogP contribution in [0.5, 0.6) is 5.75 Å². The minimum Gasteiger partial charge on any atom is -0.493 e. The van der Waals surface area contributed by atoms with Gasteiger partial charge in [-0.25, -0.2) is 5.01 Å². The monoisotopic (exact) mass is 500 g/mol. The molecule has 2 heterocycles. The molecule has 1 atom stereocenters. The van der Waals surface area contributed by atoms with E-state index < -0.39 is 6.17 Å². The number of hydrogen-bond acceptors (Lipinski definition) is 6. The molecule has 0 bridgehead atoms. The molecule has 0 radical (unpaired) electrons. The number of rotatable bonds is 7. The number of hydrogen-bond donors (Lipinski definition) is 1. The van der Waals surface area contributed by atoms with Crippen molar-refractivity contribution < 1.29 is 9.53 Å². The van der Waals surface area contributed by atoms with Crippen LogP contribution in [0.3, 0.4) is 0 Å². The van der Waals surface area contributed by atoms with Crippen molar-refractivity contribution >= 4 is 44.5 Å². The van der Waals surface area contributed by atoms with Gasteiger partial charge in [0.2, 0.25) is 0 Å². The Bertz CT molecular complexity index is 1130. The lowest BCUT2D eigenvalue weighted by Crippen LogP contribution is -2.50. The molecule has 0 spiro atoms. The topological polar surface area (TPSA) is 66.3 Å². The molecule has 2 aromatic carbocycles. The Morgan fingerprint density at radius 1 is 1.19 bits per heavy atom. The molecular weight excluding hydrogens is 476 g/mol. The zero-order chi connectivity index (χ0) is 21.8. The van der Waals surface area contributed by atoms with E-state index in [2.05, 4.69) is 35.1 Å². The second-order valence-electron chi connectivity index (χ2n) is 7.30. The summed E-state index contributed by atoms with van der Waals surface area (Å²) in [7, 11) is 0. The Balaban J connectivity index is 1.85. The van der Waals surface area contributed by atoms with Crippen LogP contribution in [0, 0.1) is 0 Å². The van der Waals surface area contributed by atoms with E-state index in [1.807, 2.05) is 42.5 Å². The van der Waals surface area contributed by atoms with Crippen LogP contribution in [-0.2, 0) is 4.79 Å². The smallest absolute Gasteiger partial charge is 0.276 e. The van der Waals surface area contributed by atoms with E-state index in [1.165, 1.54) is 0 Å². The summed E-state index contributed by atoms with van der Waals surface area (Å²) in [5.41, 5.74) is 1.39. The van der Waals surface area contributed by atoms with Crippen molar-refractivity contribution in [3.63, 3.8) is 0 Å². The summed E-state index contributed by atoms with van der Waals surface area (Å²) in [6.45, 7) is 4.84. The predicted octanol–water partition coefficient (Wildman–Crippen LogP) is 3.91. The summed E-state index contributed by atoms with van der Waals surface area (Å²) < 4.78 is 6.89. The third-order valence-electron chi connectivity index (χ3n) is 4.97. The van der Waals surface area contributed by atoms with Crippen LogP contribution in [0.25, 0.3) is 5.70 Å². The number of unbranched alkanes of at least 4 members (excludes halogenated alkanes) is 1. The van der Waals surface area contributed by atoms with E-state index in [-0.39, 0.29) is 5.91 Å². The van der Waals surface area contributed by atoms with Crippen molar-refractivity contribution in [3.05, 3.63) is 63.1 Å². The predicted molar refractivity (Wildman–Crippen MR) is 128 cm³/mol. The van der Waals surface area contributed by atoms with Crippen LogP contribution in [0.15, 0.2) is 57.0 Å². The summed E-state index contributed by atoms with van der Waals surface area (Å²) in [5.74, 6) is 1.50. The number of nitrogens with zero attached hydrogens (tertiary/aromatic N) is 3. The number of carbonyl (C=O) groups is 1. The minimum atomic E-state index is -0.482. The van der Waals surface area contributed by atoms with Crippen molar-refractivity contribution in [2.75, 3.05) is 12.4 Å². The maximum Gasteiger partial charge on any atom is 0.276 e. The quantitative estimate of drug-likeness (QED) is 0.585. The highest BCUT2D eigenvalue weighted by Crippen LogP contribution is 2.35. The van der Waals surface area contributed by atoms with Crippen molar-refractivity contribution in [3.8, 4) is 5.75 Å². The molecule has 1 unspecified atom stereocenters. The van der Waals surface area contributed by atoms with Crippen molar-refractivity contribution in [1.29, 1.82) is 0 Å². The van der Waals surface area contributed by atoms with Gasteiger partial charge in [-0.05, 0) is 37.1 Å². The zero-order valence-corrected chi connectivity index (χ0v) is 20.0. The van der Waals surface area contributed by atoms with Crippen LogP contribution >= 0.6 is 27.7 Å². The number of benzene rings is 2. The van der Waals surface area contributed by atoms with Gasteiger partial charge in [-0.2, -0.15) is 0 Å². The highest BCUT2D eigenvalue weighted by atomic mass is 79.9. The average molecular weight is 501 g/mol. The lowest BCUT2D eigenvalue weighted by atomic mass is 10.1. The minimum absolute atomic E-state index is 0.166. The van der Waals surface area contributed by atoms with E-state index >= 15 is 0 Å². The molecule has 6 nitrogen and oxygen atoms in total. The lowest BCUT2D eigenvalue weighted by molar-refractivity contribution is -0.116. The molecule has 162 valence electrons. The number of nitrogens with one attached hydrogen (secondary N) is 1. The summed E-state index contributed by atoms with van der Waals surface area (Å²) >= 11 is 5.08. The van der Waals surface area contributed by atoms with Crippen molar-refractivity contribution in [2.24, 2.45) is 10.1 Å². The molecule has 0 fully saturated rings. The number of amidine groups is 1. The normalized spacial score (nSPS) is 17.3. The fourth-order valence-corrected chi connectivity index (χ4v) is 4.77. The van der Waals surface area contributed by atoms with Crippen molar-refractivity contribution in [2.45, 2.75) is 39.3 Å². The molecule has 4 rings (SSSR count). The average Bonchev–Trinajstić information content (AvgIpc) is 2.77. The van der Waals surface area contributed by atoms with Gasteiger partial charge in [0, 0.05) is 21.0 Å². The van der Waals surface area contributed by atoms with Gasteiger partial charge in [-0.1, -0.05) is 66.2 Å². The van der Waals surface area contributed by atoms with Gasteiger partial charge >= 0.3 is 0 Å². The second kappa shape index (κ2) is 9.87. The molecule has 0 aromatic heterocycles. The van der Waals surface area contributed by atoms with Crippen molar-refractivity contribution in [1.82, 2.24) is 10.3 Å². The highest BCUT2D eigenvalue weighted by Gasteiger charge is 2.35. The van der Waals surface area contributed by atoms with Gasteiger partial charge in [-0.3, -0.25) is 15.1 Å². The number of hydrazone groups is 1. The number of carbonyl (C=O) groups excluding carboxylic acids is 1. The van der Waals surface area contributed by atoms with Gasteiger partial charge < -0.3 is 4.74 Å². The molecule has 1 N–H and O–H groups in total. The van der Waals surface area contributed by atoms with Crippen LogP contribution < -0.4 is 20.6 Å². The molecular formula is C23H25BrN4O2S. The van der Waals surface area contributed by atoms with Gasteiger partial charge in [0.05, 0.1) is 12.0 Å². The summed E-state index contributed by atoms with van der Waals surface area (Å²) in [4.78, 5) is 18.2. The van der Waals surface area contributed by atoms with Gasteiger partial charge in [-0.15, -0.1) is 5.10 Å². The molecule has 0 saturated carbocycles. The summed E-state index contributed by atoms with van der Waals surface area (Å²) in [5, 5.41) is 11.6. The molecule has 0 aliphatic carbocycles. The first-order chi connectivity index (χ1) is 15.1. The Morgan fingerprint density at radius 2 is 2.03 bits per heavy atom. The molecule has 2 aliphatic rings. The fraction of sp³-hybridized carbons (Fsp3) is 0.348. The van der Waals surface area contributed by atoms with Crippen LogP contribution in [0.4, 0.5) is 0 Å². The van der Waals surface area contributed by atoms with Gasteiger partial charge in [0.1, 0.15) is 11.4 Å². The molecule has 31 heavy (non-hydrogen) atoms.